The summed E-state index contributed by atoms with van der Waals surface area (Å²) in [5, 5.41) is 0. The molecular formula is C13H16N2O5. The topological polar surface area (TPSA) is 76.2 Å². The van der Waals surface area contributed by atoms with Crippen LogP contribution in [0.5, 0.6) is 0 Å². The highest BCUT2D eigenvalue weighted by molar-refractivity contribution is 5.97. The van der Waals surface area contributed by atoms with Crippen molar-refractivity contribution in [1.82, 2.24) is 9.80 Å². The molecule has 20 heavy (non-hydrogen) atoms. The van der Waals surface area contributed by atoms with E-state index < -0.39 is 23.8 Å². The number of carbonyl (C=O) groups excluding carboxylic acids is 3. The molecule has 7 nitrogen and oxygen atoms in total. The Balaban J connectivity index is 1.70. The van der Waals surface area contributed by atoms with Crippen molar-refractivity contribution < 1.29 is 23.9 Å². The van der Waals surface area contributed by atoms with E-state index in [2.05, 4.69) is 0 Å². The Bertz CT molecular complexity index is 521. The van der Waals surface area contributed by atoms with Crippen molar-refractivity contribution in [1.29, 1.82) is 0 Å². The van der Waals surface area contributed by atoms with Crippen LogP contribution in [0.2, 0.25) is 0 Å². The number of fused-ring (bicyclic) bond motifs is 1. The molecule has 3 amide bonds. The lowest BCUT2D eigenvalue weighted by Crippen LogP contribution is -2.57. The lowest BCUT2D eigenvalue weighted by atomic mass is 9.79. The minimum Gasteiger partial charge on any atom is -0.447 e. The van der Waals surface area contributed by atoms with E-state index in [4.69, 9.17) is 9.47 Å². The number of nitrogens with zero attached hydrogens (tertiary/aromatic N) is 2. The van der Waals surface area contributed by atoms with E-state index in [0.29, 0.717) is 13.0 Å². The second kappa shape index (κ2) is 3.72. The van der Waals surface area contributed by atoms with Crippen LogP contribution < -0.4 is 0 Å². The van der Waals surface area contributed by atoms with Gasteiger partial charge in [-0.05, 0) is 12.8 Å². The van der Waals surface area contributed by atoms with E-state index in [9.17, 15) is 14.4 Å². The standard InChI is InChI=1S/C13H16N2O5/c1-7-8(10(16)14-5-6-19-12(14)18)13-3-2-4-15(13)11(17)9(7)20-13/h7-9H,2-6H2,1H3/t7-,8+,9+,13-/m0/s1. The van der Waals surface area contributed by atoms with E-state index in [1.54, 1.807) is 4.90 Å². The van der Waals surface area contributed by atoms with Crippen molar-refractivity contribution in [3.63, 3.8) is 0 Å². The summed E-state index contributed by atoms with van der Waals surface area (Å²) in [6.07, 6.45) is 0.373. The molecule has 0 aromatic rings. The van der Waals surface area contributed by atoms with Crippen molar-refractivity contribution in [2.75, 3.05) is 19.7 Å². The molecule has 4 aliphatic rings. The maximum absolute atomic E-state index is 12.7. The van der Waals surface area contributed by atoms with Crippen LogP contribution in [-0.4, -0.2) is 59.2 Å². The highest BCUT2D eigenvalue weighted by Gasteiger charge is 2.70. The summed E-state index contributed by atoms with van der Waals surface area (Å²) in [6, 6.07) is 0. The van der Waals surface area contributed by atoms with Gasteiger partial charge in [-0.15, -0.1) is 0 Å². The van der Waals surface area contributed by atoms with Gasteiger partial charge in [0.25, 0.3) is 5.91 Å². The number of ether oxygens (including phenoxy) is 2. The zero-order valence-electron chi connectivity index (χ0n) is 11.2. The Morgan fingerprint density at radius 2 is 2.15 bits per heavy atom. The zero-order chi connectivity index (χ0) is 14.1. The molecule has 0 saturated carbocycles. The molecule has 0 aromatic carbocycles. The number of piperidine rings is 1. The van der Waals surface area contributed by atoms with E-state index in [-0.39, 0.29) is 30.9 Å². The highest BCUT2D eigenvalue weighted by Crippen LogP contribution is 2.55. The summed E-state index contributed by atoms with van der Waals surface area (Å²) in [4.78, 5) is 39.4. The number of carbonyl (C=O) groups is 3. The molecule has 4 aliphatic heterocycles. The molecule has 4 rings (SSSR count). The van der Waals surface area contributed by atoms with Crippen molar-refractivity contribution >= 4 is 17.9 Å². The molecule has 4 saturated heterocycles. The van der Waals surface area contributed by atoms with Gasteiger partial charge in [0.1, 0.15) is 12.7 Å². The Kier molecular flexibility index (Phi) is 2.26. The molecule has 7 heteroatoms. The van der Waals surface area contributed by atoms with Gasteiger partial charge in [-0.1, -0.05) is 6.92 Å². The van der Waals surface area contributed by atoms with Gasteiger partial charge < -0.3 is 14.4 Å². The zero-order valence-corrected chi connectivity index (χ0v) is 11.2. The Hall–Kier alpha value is -1.63. The molecule has 4 fully saturated rings. The summed E-state index contributed by atoms with van der Waals surface area (Å²) in [5.74, 6) is -0.930. The number of imide groups is 1. The number of cyclic esters (lactones) is 1. The monoisotopic (exact) mass is 280 g/mol. The van der Waals surface area contributed by atoms with Gasteiger partial charge in [-0.2, -0.15) is 0 Å². The third-order valence-corrected chi connectivity index (χ3v) is 5.00. The number of hydrogen-bond acceptors (Lipinski definition) is 5. The SMILES string of the molecule is C[C@@H]1[C@H]2O[C@@]3(CCCN3C2=O)[C@H]1C(=O)N1CCOC1=O. The van der Waals surface area contributed by atoms with Crippen molar-refractivity contribution in [3.8, 4) is 0 Å². The molecule has 0 aromatic heterocycles. The highest BCUT2D eigenvalue weighted by atomic mass is 16.6. The van der Waals surface area contributed by atoms with Gasteiger partial charge in [-0.25, -0.2) is 9.69 Å². The fraction of sp³-hybridized carbons (Fsp3) is 0.769. The van der Waals surface area contributed by atoms with Gasteiger partial charge >= 0.3 is 6.09 Å². The van der Waals surface area contributed by atoms with Crippen LogP contribution in [0, 0.1) is 11.8 Å². The third kappa shape index (κ3) is 1.22. The number of rotatable bonds is 1. The van der Waals surface area contributed by atoms with Crippen molar-refractivity contribution in [2.45, 2.75) is 31.6 Å². The Morgan fingerprint density at radius 3 is 2.85 bits per heavy atom. The summed E-state index contributed by atoms with van der Waals surface area (Å²) in [6.45, 7) is 3.02. The first-order chi connectivity index (χ1) is 9.56. The normalized spacial score (nSPS) is 42.4. The van der Waals surface area contributed by atoms with Gasteiger partial charge in [0.15, 0.2) is 5.72 Å². The smallest absolute Gasteiger partial charge is 0.416 e. The second-order valence-electron chi connectivity index (χ2n) is 5.92. The summed E-state index contributed by atoms with van der Waals surface area (Å²) in [5.41, 5.74) is -0.818. The van der Waals surface area contributed by atoms with Crippen LogP contribution in [-0.2, 0) is 19.1 Å². The predicted molar refractivity (Wildman–Crippen MR) is 64.3 cm³/mol. The summed E-state index contributed by atoms with van der Waals surface area (Å²) >= 11 is 0. The molecule has 0 unspecified atom stereocenters. The van der Waals surface area contributed by atoms with Gasteiger partial charge in [0.2, 0.25) is 5.91 Å². The first-order valence-corrected chi connectivity index (χ1v) is 7.04. The molecule has 2 bridgehead atoms. The molecule has 0 N–H and O–H groups in total. The number of amides is 3. The Labute approximate surface area is 115 Å². The molecule has 4 heterocycles. The molecule has 0 aliphatic carbocycles. The first-order valence-electron chi connectivity index (χ1n) is 7.04. The lowest BCUT2D eigenvalue weighted by molar-refractivity contribution is -0.151. The molecular weight excluding hydrogens is 264 g/mol. The van der Waals surface area contributed by atoms with Crippen LogP contribution in [0.1, 0.15) is 19.8 Å². The average Bonchev–Trinajstić information content (AvgIpc) is 3.11. The summed E-state index contributed by atoms with van der Waals surface area (Å²) in [7, 11) is 0. The third-order valence-electron chi connectivity index (χ3n) is 5.00. The average molecular weight is 280 g/mol. The van der Waals surface area contributed by atoms with Gasteiger partial charge in [0.05, 0.1) is 12.5 Å². The fourth-order valence-electron chi connectivity index (χ4n) is 4.15. The van der Waals surface area contributed by atoms with E-state index in [1.807, 2.05) is 6.92 Å². The van der Waals surface area contributed by atoms with Crippen LogP contribution >= 0.6 is 0 Å². The summed E-state index contributed by atoms with van der Waals surface area (Å²) < 4.78 is 10.8. The van der Waals surface area contributed by atoms with Gasteiger partial charge in [0, 0.05) is 12.5 Å². The Morgan fingerprint density at radius 1 is 1.35 bits per heavy atom. The minimum atomic E-state index is -0.818. The van der Waals surface area contributed by atoms with Crippen molar-refractivity contribution in [2.24, 2.45) is 11.8 Å². The van der Waals surface area contributed by atoms with Crippen molar-refractivity contribution in [3.05, 3.63) is 0 Å². The predicted octanol–water partition coefficient (Wildman–Crippen LogP) is -0.0514. The van der Waals surface area contributed by atoms with Crippen LogP contribution in [0.25, 0.3) is 0 Å². The van der Waals surface area contributed by atoms with Crippen LogP contribution in [0.3, 0.4) is 0 Å². The molecule has 4 atom stereocenters. The lowest BCUT2D eigenvalue weighted by Gasteiger charge is -2.38. The largest absolute Gasteiger partial charge is 0.447 e. The van der Waals surface area contributed by atoms with E-state index >= 15 is 0 Å². The van der Waals surface area contributed by atoms with E-state index in [0.717, 1.165) is 11.3 Å². The molecule has 0 radical (unpaired) electrons. The minimum absolute atomic E-state index is 0.0111. The maximum atomic E-state index is 12.7. The first kappa shape index (κ1) is 12.1. The fourth-order valence-corrected chi connectivity index (χ4v) is 4.15. The number of hydrogen-bond donors (Lipinski definition) is 0. The molecule has 108 valence electrons. The van der Waals surface area contributed by atoms with E-state index in [1.165, 1.54) is 0 Å². The maximum Gasteiger partial charge on any atom is 0.416 e. The van der Waals surface area contributed by atoms with Crippen LogP contribution in [0.15, 0.2) is 0 Å². The van der Waals surface area contributed by atoms with Gasteiger partial charge in [-0.3, -0.25) is 9.59 Å². The molecule has 1 spiro atoms. The van der Waals surface area contributed by atoms with Crippen LogP contribution in [0.4, 0.5) is 4.79 Å². The quantitative estimate of drug-likeness (QED) is 0.673. The second-order valence-corrected chi connectivity index (χ2v) is 5.92.